The minimum absolute atomic E-state index is 0.146. The van der Waals surface area contributed by atoms with E-state index in [0.29, 0.717) is 18.0 Å². The molecule has 0 fully saturated rings. The molecule has 0 saturated heterocycles. The highest BCUT2D eigenvalue weighted by molar-refractivity contribution is 5.54. The van der Waals surface area contributed by atoms with E-state index in [2.05, 4.69) is 10.1 Å². The van der Waals surface area contributed by atoms with Gasteiger partial charge in [0.05, 0.1) is 6.42 Å². The van der Waals surface area contributed by atoms with Crippen molar-refractivity contribution in [2.24, 2.45) is 0 Å². The van der Waals surface area contributed by atoms with Crippen LogP contribution in [0.5, 0.6) is 0 Å². The van der Waals surface area contributed by atoms with Gasteiger partial charge in [-0.25, -0.2) is 8.78 Å². The monoisotopic (exact) mass is 287 g/mol. The molecule has 2 N–H and O–H groups in total. The van der Waals surface area contributed by atoms with E-state index in [9.17, 15) is 8.78 Å². The highest BCUT2D eigenvalue weighted by Crippen LogP contribution is 2.20. The van der Waals surface area contributed by atoms with Gasteiger partial charge in [-0.05, 0) is 29.8 Å². The SMILES string of the molecule is Nc1cccc(Cc2nc(-c3cc(F)cc(F)c3)no2)c1. The van der Waals surface area contributed by atoms with Crippen LogP contribution in [-0.2, 0) is 6.42 Å². The molecular formula is C15H11F2N3O. The van der Waals surface area contributed by atoms with Crippen LogP contribution >= 0.6 is 0 Å². The third-order valence-electron chi connectivity index (χ3n) is 2.90. The number of benzene rings is 2. The Balaban J connectivity index is 1.86. The van der Waals surface area contributed by atoms with Crippen LogP contribution in [0.3, 0.4) is 0 Å². The molecular weight excluding hydrogens is 276 g/mol. The van der Waals surface area contributed by atoms with Crippen molar-refractivity contribution in [3.63, 3.8) is 0 Å². The largest absolute Gasteiger partial charge is 0.399 e. The van der Waals surface area contributed by atoms with Crippen LogP contribution in [0.25, 0.3) is 11.4 Å². The van der Waals surface area contributed by atoms with Gasteiger partial charge < -0.3 is 10.3 Å². The highest BCUT2D eigenvalue weighted by Gasteiger charge is 2.11. The van der Waals surface area contributed by atoms with Gasteiger partial charge in [-0.1, -0.05) is 17.3 Å². The van der Waals surface area contributed by atoms with Crippen molar-refractivity contribution in [2.75, 3.05) is 5.73 Å². The van der Waals surface area contributed by atoms with E-state index in [0.717, 1.165) is 23.8 Å². The van der Waals surface area contributed by atoms with Gasteiger partial charge in [-0.2, -0.15) is 4.98 Å². The summed E-state index contributed by atoms with van der Waals surface area (Å²) in [4.78, 5) is 4.14. The van der Waals surface area contributed by atoms with Gasteiger partial charge >= 0.3 is 0 Å². The number of halogens is 2. The molecule has 0 aliphatic heterocycles. The lowest BCUT2D eigenvalue weighted by Crippen LogP contribution is -1.91. The zero-order chi connectivity index (χ0) is 14.8. The number of nitrogens with two attached hydrogens (primary N) is 1. The second-order valence-corrected chi connectivity index (χ2v) is 4.59. The molecule has 21 heavy (non-hydrogen) atoms. The molecule has 0 aliphatic rings. The summed E-state index contributed by atoms with van der Waals surface area (Å²) in [6.45, 7) is 0. The predicted octanol–water partition coefficient (Wildman–Crippen LogP) is 3.19. The smallest absolute Gasteiger partial charge is 0.231 e. The maximum Gasteiger partial charge on any atom is 0.231 e. The van der Waals surface area contributed by atoms with E-state index in [4.69, 9.17) is 10.3 Å². The zero-order valence-corrected chi connectivity index (χ0v) is 10.9. The summed E-state index contributed by atoms with van der Waals surface area (Å²) in [7, 11) is 0. The van der Waals surface area contributed by atoms with Crippen molar-refractivity contribution >= 4 is 5.69 Å². The van der Waals surface area contributed by atoms with Crippen molar-refractivity contribution < 1.29 is 13.3 Å². The maximum absolute atomic E-state index is 13.2. The fourth-order valence-corrected chi connectivity index (χ4v) is 2.00. The van der Waals surface area contributed by atoms with E-state index < -0.39 is 11.6 Å². The Morgan fingerprint density at radius 2 is 1.81 bits per heavy atom. The van der Waals surface area contributed by atoms with Gasteiger partial charge in [0.1, 0.15) is 11.6 Å². The molecule has 6 heteroatoms. The fourth-order valence-electron chi connectivity index (χ4n) is 2.00. The average Bonchev–Trinajstić information content (AvgIpc) is 2.86. The molecule has 1 heterocycles. The lowest BCUT2D eigenvalue weighted by Gasteiger charge is -1.98. The van der Waals surface area contributed by atoms with E-state index in [-0.39, 0.29) is 11.4 Å². The molecule has 2 aromatic carbocycles. The summed E-state index contributed by atoms with van der Waals surface area (Å²) in [6, 6.07) is 10.4. The Labute approximate surface area is 119 Å². The summed E-state index contributed by atoms with van der Waals surface area (Å²) >= 11 is 0. The Kier molecular flexibility index (Phi) is 3.35. The van der Waals surface area contributed by atoms with E-state index in [1.54, 1.807) is 12.1 Å². The number of anilines is 1. The van der Waals surface area contributed by atoms with E-state index in [1.807, 2.05) is 12.1 Å². The van der Waals surface area contributed by atoms with Crippen LogP contribution in [0, 0.1) is 11.6 Å². The van der Waals surface area contributed by atoms with Crippen LogP contribution < -0.4 is 5.73 Å². The minimum Gasteiger partial charge on any atom is -0.399 e. The average molecular weight is 287 g/mol. The Morgan fingerprint density at radius 1 is 1.05 bits per heavy atom. The molecule has 3 aromatic rings. The summed E-state index contributed by atoms with van der Waals surface area (Å²) in [5.41, 5.74) is 7.47. The number of nitrogen functional groups attached to an aromatic ring is 1. The van der Waals surface area contributed by atoms with Gasteiger partial charge in [0.15, 0.2) is 0 Å². The number of aromatic nitrogens is 2. The lowest BCUT2D eigenvalue weighted by atomic mass is 10.1. The number of hydrogen-bond donors (Lipinski definition) is 1. The van der Waals surface area contributed by atoms with Crippen LogP contribution in [0.1, 0.15) is 11.5 Å². The number of rotatable bonds is 3. The van der Waals surface area contributed by atoms with Crippen molar-refractivity contribution in [3.05, 3.63) is 65.6 Å². The fraction of sp³-hybridized carbons (Fsp3) is 0.0667. The Morgan fingerprint density at radius 3 is 2.52 bits per heavy atom. The van der Waals surface area contributed by atoms with Gasteiger partial charge in [-0.15, -0.1) is 0 Å². The van der Waals surface area contributed by atoms with Crippen LogP contribution in [0.15, 0.2) is 47.0 Å². The Bertz CT molecular complexity index is 766. The van der Waals surface area contributed by atoms with Crippen LogP contribution in [0.2, 0.25) is 0 Å². The van der Waals surface area contributed by atoms with Gasteiger partial charge in [-0.3, -0.25) is 0 Å². The minimum atomic E-state index is -0.688. The molecule has 0 spiro atoms. The molecule has 3 rings (SSSR count). The molecule has 0 aliphatic carbocycles. The zero-order valence-electron chi connectivity index (χ0n) is 10.9. The first-order valence-electron chi connectivity index (χ1n) is 6.23. The van der Waals surface area contributed by atoms with Gasteiger partial charge in [0.2, 0.25) is 11.7 Å². The molecule has 0 bridgehead atoms. The third kappa shape index (κ3) is 3.05. The first-order chi connectivity index (χ1) is 10.1. The highest BCUT2D eigenvalue weighted by atomic mass is 19.1. The van der Waals surface area contributed by atoms with Crippen LogP contribution in [-0.4, -0.2) is 10.1 Å². The van der Waals surface area contributed by atoms with Gasteiger partial charge in [0.25, 0.3) is 0 Å². The van der Waals surface area contributed by atoms with Crippen molar-refractivity contribution in [1.82, 2.24) is 10.1 Å². The normalized spacial score (nSPS) is 10.8. The summed E-state index contributed by atoms with van der Waals surface area (Å²) in [5.74, 6) is -0.882. The first-order valence-corrected chi connectivity index (χ1v) is 6.23. The summed E-state index contributed by atoms with van der Waals surface area (Å²) in [6.07, 6.45) is 0.399. The molecule has 1 aromatic heterocycles. The molecule has 0 saturated carbocycles. The second-order valence-electron chi connectivity index (χ2n) is 4.59. The summed E-state index contributed by atoms with van der Waals surface area (Å²) < 4.78 is 31.4. The number of nitrogens with zero attached hydrogens (tertiary/aromatic N) is 2. The van der Waals surface area contributed by atoms with Crippen molar-refractivity contribution in [2.45, 2.75) is 6.42 Å². The maximum atomic E-state index is 13.2. The summed E-state index contributed by atoms with van der Waals surface area (Å²) in [5, 5.41) is 3.74. The van der Waals surface area contributed by atoms with E-state index >= 15 is 0 Å². The van der Waals surface area contributed by atoms with Crippen molar-refractivity contribution in [1.29, 1.82) is 0 Å². The van der Waals surface area contributed by atoms with E-state index in [1.165, 1.54) is 0 Å². The first kappa shape index (κ1) is 13.2. The van der Waals surface area contributed by atoms with Gasteiger partial charge in [0, 0.05) is 17.3 Å². The molecule has 0 unspecified atom stereocenters. The second kappa shape index (κ2) is 5.32. The predicted molar refractivity (Wildman–Crippen MR) is 73.3 cm³/mol. The van der Waals surface area contributed by atoms with Crippen molar-refractivity contribution in [3.8, 4) is 11.4 Å². The number of hydrogen-bond acceptors (Lipinski definition) is 4. The molecule has 0 radical (unpaired) electrons. The quantitative estimate of drug-likeness (QED) is 0.751. The molecule has 0 atom stereocenters. The topological polar surface area (TPSA) is 64.9 Å². The standard InChI is InChI=1S/C15H11F2N3O/c16-11-6-10(7-12(17)8-11)15-19-14(21-20-15)5-9-2-1-3-13(18)4-9/h1-4,6-8H,5,18H2. The molecule has 106 valence electrons. The van der Waals surface area contributed by atoms with Crippen LogP contribution in [0.4, 0.5) is 14.5 Å². The lowest BCUT2D eigenvalue weighted by molar-refractivity contribution is 0.385. The molecule has 4 nitrogen and oxygen atoms in total. The third-order valence-corrected chi connectivity index (χ3v) is 2.90. The molecule has 0 amide bonds. The Hall–Kier alpha value is -2.76.